The highest BCUT2D eigenvalue weighted by Gasteiger charge is 2.18. The second-order valence-electron chi connectivity index (χ2n) is 3.94. The Labute approximate surface area is 88.6 Å². The molecule has 0 fully saturated rings. The number of nitrogens with two attached hydrogens (primary N) is 1. The number of rotatable bonds is 2. The van der Waals surface area contributed by atoms with Gasteiger partial charge in [0.1, 0.15) is 5.82 Å². The van der Waals surface area contributed by atoms with E-state index >= 15 is 0 Å². The lowest BCUT2D eigenvalue weighted by Crippen LogP contribution is -2.22. The van der Waals surface area contributed by atoms with Crippen molar-refractivity contribution in [2.45, 2.75) is 39.2 Å². The molecule has 0 saturated carbocycles. The second-order valence-corrected chi connectivity index (χ2v) is 3.94. The molecule has 82 valence electrons. The van der Waals surface area contributed by atoms with Gasteiger partial charge < -0.3 is 15.5 Å². The Balaban J connectivity index is 2.33. The van der Waals surface area contributed by atoms with Crippen molar-refractivity contribution in [1.82, 2.24) is 9.55 Å². The minimum absolute atomic E-state index is 0.226. The van der Waals surface area contributed by atoms with E-state index in [1.54, 1.807) is 0 Å². The molecule has 0 amide bonds. The van der Waals surface area contributed by atoms with Crippen LogP contribution < -0.4 is 5.73 Å². The first kappa shape index (κ1) is 10.0. The van der Waals surface area contributed by atoms with Crippen molar-refractivity contribution in [3.63, 3.8) is 0 Å². The lowest BCUT2D eigenvalue weighted by Gasteiger charge is -2.13. The van der Waals surface area contributed by atoms with Crippen LogP contribution in [-0.4, -0.2) is 20.6 Å². The van der Waals surface area contributed by atoms with Gasteiger partial charge in [-0.2, -0.15) is 0 Å². The molecule has 2 rings (SSSR count). The Morgan fingerprint density at radius 2 is 2.27 bits per heavy atom. The quantitative estimate of drug-likeness (QED) is 0.327. The second kappa shape index (κ2) is 3.92. The predicted octanol–water partition coefficient (Wildman–Crippen LogP) is 0.817. The summed E-state index contributed by atoms with van der Waals surface area (Å²) in [6.07, 6.45) is 4.52. The zero-order valence-corrected chi connectivity index (χ0v) is 8.90. The molecule has 5 nitrogen and oxygen atoms in total. The summed E-state index contributed by atoms with van der Waals surface area (Å²) < 4.78 is 2.05. The van der Waals surface area contributed by atoms with Crippen LogP contribution >= 0.6 is 0 Å². The van der Waals surface area contributed by atoms with E-state index in [0.29, 0.717) is 6.54 Å². The van der Waals surface area contributed by atoms with E-state index in [1.807, 2.05) is 11.5 Å². The fraction of sp³-hybridized carbons (Fsp3) is 0.600. The van der Waals surface area contributed by atoms with Gasteiger partial charge in [0.05, 0.1) is 12.2 Å². The van der Waals surface area contributed by atoms with Crippen molar-refractivity contribution in [2.24, 2.45) is 10.9 Å². The van der Waals surface area contributed by atoms with Crippen LogP contribution in [0.5, 0.6) is 0 Å². The fourth-order valence-corrected chi connectivity index (χ4v) is 2.14. The number of imidazole rings is 1. The molecule has 0 radical (unpaired) electrons. The molecule has 3 N–H and O–H groups in total. The lowest BCUT2D eigenvalue weighted by molar-refractivity contribution is 0.316. The van der Waals surface area contributed by atoms with Crippen LogP contribution in [0.1, 0.15) is 30.1 Å². The predicted molar refractivity (Wildman–Crippen MR) is 57.0 cm³/mol. The largest absolute Gasteiger partial charge is 0.409 e. The number of fused-ring (bicyclic) bond motifs is 1. The molecule has 0 spiro atoms. The molecule has 0 bridgehead atoms. The average molecular weight is 208 g/mol. The smallest absolute Gasteiger partial charge is 0.159 e. The van der Waals surface area contributed by atoms with E-state index in [0.717, 1.165) is 18.7 Å². The topological polar surface area (TPSA) is 76.4 Å². The summed E-state index contributed by atoms with van der Waals surface area (Å²) >= 11 is 0. The van der Waals surface area contributed by atoms with E-state index in [-0.39, 0.29) is 5.84 Å². The van der Waals surface area contributed by atoms with Crippen LogP contribution in [0.25, 0.3) is 0 Å². The van der Waals surface area contributed by atoms with Crippen molar-refractivity contribution < 1.29 is 5.21 Å². The van der Waals surface area contributed by atoms with Crippen LogP contribution in [0.4, 0.5) is 0 Å². The minimum Gasteiger partial charge on any atom is -0.409 e. The summed E-state index contributed by atoms with van der Waals surface area (Å²) in [4.78, 5) is 4.51. The molecule has 15 heavy (non-hydrogen) atoms. The van der Waals surface area contributed by atoms with E-state index in [9.17, 15) is 0 Å². The Morgan fingerprint density at radius 1 is 1.53 bits per heavy atom. The summed E-state index contributed by atoms with van der Waals surface area (Å²) in [5.41, 5.74) is 7.96. The van der Waals surface area contributed by atoms with Gasteiger partial charge in [-0.1, -0.05) is 5.16 Å². The first-order valence-corrected chi connectivity index (χ1v) is 5.23. The third kappa shape index (κ3) is 1.82. The molecule has 0 aliphatic heterocycles. The van der Waals surface area contributed by atoms with E-state index in [4.69, 9.17) is 10.9 Å². The first-order chi connectivity index (χ1) is 7.22. The summed E-state index contributed by atoms with van der Waals surface area (Å²) in [6.45, 7) is 2.40. The van der Waals surface area contributed by atoms with Crippen LogP contribution in [0.3, 0.4) is 0 Å². The van der Waals surface area contributed by atoms with Crippen molar-refractivity contribution in [3.8, 4) is 0 Å². The summed E-state index contributed by atoms with van der Waals surface area (Å²) in [5, 5.41) is 11.6. The third-order valence-electron chi connectivity index (χ3n) is 2.87. The van der Waals surface area contributed by atoms with Crippen LogP contribution in [-0.2, 0) is 19.4 Å². The maximum Gasteiger partial charge on any atom is 0.159 e. The number of hydrogen-bond acceptors (Lipinski definition) is 3. The standard InChI is InChI=1S/C10H16N4O/c1-7-12-8-4-2-3-5-9(8)14(7)6-10(11)13-15/h15H,2-6H2,1H3,(H2,11,13). The third-order valence-corrected chi connectivity index (χ3v) is 2.87. The van der Waals surface area contributed by atoms with Crippen molar-refractivity contribution >= 4 is 5.84 Å². The fourth-order valence-electron chi connectivity index (χ4n) is 2.14. The van der Waals surface area contributed by atoms with Gasteiger partial charge >= 0.3 is 0 Å². The van der Waals surface area contributed by atoms with Gasteiger partial charge in [-0.05, 0) is 32.6 Å². The number of hydrogen-bond donors (Lipinski definition) is 2. The van der Waals surface area contributed by atoms with Gasteiger partial charge in [-0.15, -0.1) is 0 Å². The van der Waals surface area contributed by atoms with Crippen molar-refractivity contribution in [1.29, 1.82) is 0 Å². The monoisotopic (exact) mass is 208 g/mol. The molecule has 0 saturated heterocycles. The zero-order valence-electron chi connectivity index (χ0n) is 8.90. The SMILES string of the molecule is Cc1nc2c(n1CC(N)=NO)CCCC2. The highest BCUT2D eigenvalue weighted by molar-refractivity contribution is 5.79. The van der Waals surface area contributed by atoms with Gasteiger partial charge in [0, 0.05) is 5.69 Å². The zero-order chi connectivity index (χ0) is 10.8. The van der Waals surface area contributed by atoms with Gasteiger partial charge in [0.25, 0.3) is 0 Å². The highest BCUT2D eigenvalue weighted by Crippen LogP contribution is 2.21. The molecular weight excluding hydrogens is 192 g/mol. The lowest BCUT2D eigenvalue weighted by atomic mass is 10.0. The number of oxime groups is 1. The molecule has 1 aromatic rings. The van der Waals surface area contributed by atoms with Gasteiger partial charge in [0.2, 0.25) is 0 Å². The molecule has 0 aromatic carbocycles. The van der Waals surface area contributed by atoms with Crippen LogP contribution in [0.15, 0.2) is 5.16 Å². The minimum atomic E-state index is 0.226. The van der Waals surface area contributed by atoms with E-state index in [1.165, 1.54) is 24.2 Å². The van der Waals surface area contributed by atoms with Gasteiger partial charge in [-0.3, -0.25) is 0 Å². The normalized spacial score (nSPS) is 16.5. The first-order valence-electron chi connectivity index (χ1n) is 5.23. The molecule has 0 unspecified atom stereocenters. The molecule has 1 aliphatic rings. The highest BCUT2D eigenvalue weighted by atomic mass is 16.4. The van der Waals surface area contributed by atoms with Crippen molar-refractivity contribution in [2.75, 3.05) is 0 Å². The molecule has 1 aromatic heterocycles. The summed E-state index contributed by atoms with van der Waals surface area (Å²) in [7, 11) is 0. The molecular formula is C10H16N4O. The Morgan fingerprint density at radius 3 is 3.00 bits per heavy atom. The molecule has 1 aliphatic carbocycles. The molecule has 5 heteroatoms. The summed E-state index contributed by atoms with van der Waals surface area (Å²) in [6, 6.07) is 0. The van der Waals surface area contributed by atoms with Crippen LogP contribution in [0.2, 0.25) is 0 Å². The maximum absolute atomic E-state index is 8.56. The number of aromatic nitrogens is 2. The van der Waals surface area contributed by atoms with E-state index < -0.39 is 0 Å². The molecule has 1 heterocycles. The average Bonchev–Trinajstić information content (AvgIpc) is 2.55. The van der Waals surface area contributed by atoms with Crippen molar-refractivity contribution in [3.05, 3.63) is 17.2 Å². The van der Waals surface area contributed by atoms with Crippen LogP contribution in [0, 0.1) is 6.92 Å². The Bertz CT molecular complexity index is 394. The van der Waals surface area contributed by atoms with Gasteiger partial charge in [0.15, 0.2) is 5.84 Å². The number of nitrogens with zero attached hydrogens (tertiary/aromatic N) is 3. The number of amidine groups is 1. The Hall–Kier alpha value is -1.52. The maximum atomic E-state index is 8.56. The van der Waals surface area contributed by atoms with Gasteiger partial charge in [-0.25, -0.2) is 4.98 Å². The van der Waals surface area contributed by atoms with E-state index in [2.05, 4.69) is 10.1 Å². The Kier molecular flexibility index (Phi) is 2.62. The summed E-state index contributed by atoms with van der Waals surface area (Å²) in [5.74, 6) is 1.18. The number of aryl methyl sites for hydroxylation is 2. The molecule has 0 atom stereocenters.